The van der Waals surface area contributed by atoms with E-state index in [0.717, 1.165) is 28.2 Å². The lowest BCUT2D eigenvalue weighted by molar-refractivity contribution is 0.648. The molecule has 2 aromatic heterocycles. The predicted octanol–water partition coefficient (Wildman–Crippen LogP) is 4.09. The van der Waals surface area contributed by atoms with E-state index < -0.39 is 0 Å². The maximum atomic E-state index is 13.0. The molecule has 0 unspecified atom stereocenters. The molecule has 18 heavy (non-hydrogen) atoms. The number of aromatic nitrogens is 2. The molecule has 0 bridgehead atoms. The smallest absolute Gasteiger partial charge is 0.0975 e. The van der Waals surface area contributed by atoms with Crippen LogP contribution in [0.2, 0.25) is 0 Å². The second-order valence-corrected chi connectivity index (χ2v) is 4.24. The Morgan fingerprint density at radius 1 is 1.22 bits per heavy atom. The predicted molar refractivity (Wildman–Crippen MR) is 71.7 cm³/mol. The van der Waals surface area contributed by atoms with E-state index in [1.54, 1.807) is 6.20 Å². The van der Waals surface area contributed by atoms with Crippen molar-refractivity contribution in [2.24, 2.45) is 0 Å². The third-order valence-corrected chi connectivity index (χ3v) is 2.74. The normalized spacial score (nSPS) is 11.7. The van der Waals surface area contributed by atoms with Crippen LogP contribution in [0.1, 0.15) is 23.9 Å². The molecule has 92 valence electrons. The highest BCUT2D eigenvalue weighted by molar-refractivity contribution is 5.67. The van der Waals surface area contributed by atoms with Gasteiger partial charge in [0, 0.05) is 23.1 Å². The van der Waals surface area contributed by atoms with E-state index in [4.69, 9.17) is 0 Å². The molecule has 0 fully saturated rings. The van der Waals surface area contributed by atoms with E-state index in [2.05, 4.69) is 9.97 Å². The van der Waals surface area contributed by atoms with Crippen molar-refractivity contribution >= 4 is 6.08 Å². The summed E-state index contributed by atoms with van der Waals surface area (Å²) in [6.07, 6.45) is 3.23. The Hall–Kier alpha value is -2.03. The zero-order valence-corrected chi connectivity index (χ0v) is 10.7. The van der Waals surface area contributed by atoms with Gasteiger partial charge in [0.1, 0.15) is 0 Å². The summed E-state index contributed by atoms with van der Waals surface area (Å²) in [5.74, 6) is -0.226. The van der Waals surface area contributed by atoms with Gasteiger partial charge in [-0.05, 0) is 50.6 Å². The summed E-state index contributed by atoms with van der Waals surface area (Å²) in [6, 6.07) is 7.66. The van der Waals surface area contributed by atoms with Crippen LogP contribution in [0.15, 0.2) is 36.3 Å². The molecule has 2 nitrogen and oxygen atoms in total. The Morgan fingerprint density at radius 3 is 2.61 bits per heavy atom. The molecule has 0 aliphatic rings. The van der Waals surface area contributed by atoms with Gasteiger partial charge in [-0.15, -0.1) is 0 Å². The SMILES string of the molecule is C/C(F)=C\c1cc(-c2ccccn2)c(C)nc1C. The first kappa shape index (κ1) is 12.4. The number of halogens is 1. The molecule has 2 aromatic rings. The third kappa shape index (κ3) is 2.62. The Balaban J connectivity index is 2.59. The molecular weight excluding hydrogens is 227 g/mol. The minimum absolute atomic E-state index is 0.226. The summed E-state index contributed by atoms with van der Waals surface area (Å²) < 4.78 is 13.0. The third-order valence-electron chi connectivity index (χ3n) is 2.74. The highest BCUT2D eigenvalue weighted by atomic mass is 19.1. The number of hydrogen-bond acceptors (Lipinski definition) is 2. The van der Waals surface area contributed by atoms with Gasteiger partial charge in [0.25, 0.3) is 0 Å². The molecule has 0 saturated heterocycles. The first-order valence-corrected chi connectivity index (χ1v) is 5.81. The summed E-state index contributed by atoms with van der Waals surface area (Å²) in [6.45, 7) is 5.25. The van der Waals surface area contributed by atoms with E-state index in [9.17, 15) is 4.39 Å². The number of pyridine rings is 2. The Kier molecular flexibility index (Phi) is 3.51. The number of hydrogen-bond donors (Lipinski definition) is 0. The molecule has 3 heteroatoms. The van der Waals surface area contributed by atoms with E-state index in [-0.39, 0.29) is 5.83 Å². The summed E-state index contributed by atoms with van der Waals surface area (Å²) in [5, 5.41) is 0. The fourth-order valence-electron chi connectivity index (χ4n) is 1.88. The van der Waals surface area contributed by atoms with Crippen LogP contribution in [0, 0.1) is 13.8 Å². The molecule has 2 heterocycles. The van der Waals surface area contributed by atoms with Crippen molar-refractivity contribution < 1.29 is 4.39 Å². The number of rotatable bonds is 2. The lowest BCUT2D eigenvalue weighted by Crippen LogP contribution is -1.95. The van der Waals surface area contributed by atoms with Crippen LogP contribution in [0.5, 0.6) is 0 Å². The van der Waals surface area contributed by atoms with Gasteiger partial charge in [-0.3, -0.25) is 9.97 Å². The monoisotopic (exact) mass is 242 g/mol. The molecule has 2 rings (SSSR count). The van der Waals surface area contributed by atoms with Crippen molar-refractivity contribution in [1.29, 1.82) is 0 Å². The summed E-state index contributed by atoms with van der Waals surface area (Å²) in [5.41, 5.74) is 4.31. The number of allylic oxidation sites excluding steroid dienone is 1. The van der Waals surface area contributed by atoms with Crippen molar-refractivity contribution in [1.82, 2.24) is 9.97 Å². The van der Waals surface area contributed by atoms with Crippen LogP contribution >= 0.6 is 0 Å². The summed E-state index contributed by atoms with van der Waals surface area (Å²) in [4.78, 5) is 8.76. The average Bonchev–Trinajstić information content (AvgIpc) is 2.33. The van der Waals surface area contributed by atoms with Gasteiger partial charge in [-0.1, -0.05) is 6.07 Å². The fourth-order valence-corrected chi connectivity index (χ4v) is 1.88. The van der Waals surface area contributed by atoms with Crippen molar-refractivity contribution in [2.75, 3.05) is 0 Å². The van der Waals surface area contributed by atoms with Crippen LogP contribution in [0.3, 0.4) is 0 Å². The first-order chi connectivity index (χ1) is 8.58. The van der Waals surface area contributed by atoms with Gasteiger partial charge in [-0.25, -0.2) is 4.39 Å². The topological polar surface area (TPSA) is 25.8 Å². The van der Waals surface area contributed by atoms with Crippen molar-refractivity contribution in [3.05, 3.63) is 53.2 Å². The first-order valence-electron chi connectivity index (χ1n) is 5.81. The molecule has 0 aliphatic carbocycles. The van der Waals surface area contributed by atoms with Crippen LogP contribution in [-0.2, 0) is 0 Å². The minimum Gasteiger partial charge on any atom is -0.257 e. The molecule has 0 atom stereocenters. The van der Waals surface area contributed by atoms with Gasteiger partial charge in [0.2, 0.25) is 0 Å². The summed E-state index contributed by atoms with van der Waals surface area (Å²) >= 11 is 0. The quantitative estimate of drug-likeness (QED) is 0.792. The Labute approximate surface area is 106 Å². The zero-order valence-electron chi connectivity index (χ0n) is 10.7. The van der Waals surface area contributed by atoms with Crippen molar-refractivity contribution in [3.63, 3.8) is 0 Å². The number of nitrogens with zero attached hydrogens (tertiary/aromatic N) is 2. The number of aryl methyl sites for hydroxylation is 2. The summed E-state index contributed by atoms with van der Waals surface area (Å²) in [7, 11) is 0. The second-order valence-electron chi connectivity index (χ2n) is 4.24. The van der Waals surface area contributed by atoms with Crippen molar-refractivity contribution in [2.45, 2.75) is 20.8 Å². The van der Waals surface area contributed by atoms with Crippen LogP contribution in [0.4, 0.5) is 4.39 Å². The molecular formula is C15H15FN2. The zero-order chi connectivity index (χ0) is 13.1. The van der Waals surface area contributed by atoms with Gasteiger partial charge < -0.3 is 0 Å². The largest absolute Gasteiger partial charge is 0.257 e. The van der Waals surface area contributed by atoms with E-state index >= 15 is 0 Å². The highest BCUT2D eigenvalue weighted by Crippen LogP contribution is 2.24. The maximum absolute atomic E-state index is 13.0. The molecule has 0 radical (unpaired) electrons. The average molecular weight is 242 g/mol. The molecule has 0 aromatic carbocycles. The fraction of sp³-hybridized carbons (Fsp3) is 0.200. The van der Waals surface area contributed by atoms with Gasteiger partial charge in [0.15, 0.2) is 0 Å². The van der Waals surface area contributed by atoms with E-state index in [1.807, 2.05) is 38.1 Å². The lowest BCUT2D eigenvalue weighted by Gasteiger charge is -2.08. The molecule has 0 N–H and O–H groups in total. The van der Waals surface area contributed by atoms with E-state index in [1.165, 1.54) is 13.0 Å². The van der Waals surface area contributed by atoms with Gasteiger partial charge in [-0.2, -0.15) is 0 Å². The van der Waals surface area contributed by atoms with Crippen LogP contribution < -0.4 is 0 Å². The molecule has 0 amide bonds. The Morgan fingerprint density at radius 2 is 2.00 bits per heavy atom. The second kappa shape index (κ2) is 5.08. The molecule has 0 aliphatic heterocycles. The standard InChI is InChI=1S/C15H15FN2/c1-10(16)8-13-9-14(12(3)18-11(13)2)15-6-4-5-7-17-15/h4-9H,1-3H3/b10-8+. The van der Waals surface area contributed by atoms with Gasteiger partial charge in [0.05, 0.1) is 11.5 Å². The molecule has 0 spiro atoms. The van der Waals surface area contributed by atoms with E-state index in [0.29, 0.717) is 0 Å². The minimum atomic E-state index is -0.226. The maximum Gasteiger partial charge on any atom is 0.0975 e. The Bertz CT molecular complexity index is 585. The van der Waals surface area contributed by atoms with Crippen molar-refractivity contribution in [3.8, 4) is 11.3 Å². The highest BCUT2D eigenvalue weighted by Gasteiger charge is 2.08. The lowest BCUT2D eigenvalue weighted by atomic mass is 10.0. The van der Waals surface area contributed by atoms with Crippen LogP contribution in [0.25, 0.3) is 17.3 Å². The molecule has 0 saturated carbocycles. The van der Waals surface area contributed by atoms with Gasteiger partial charge >= 0.3 is 0 Å². The van der Waals surface area contributed by atoms with Crippen LogP contribution in [-0.4, -0.2) is 9.97 Å².